The quantitative estimate of drug-likeness (QED) is 0.701. The normalized spacial score (nSPS) is 17.6. The summed E-state index contributed by atoms with van der Waals surface area (Å²) in [5, 5.41) is 7.77. The number of rotatable bonds is 5. The van der Waals surface area contributed by atoms with E-state index in [0.29, 0.717) is 5.46 Å². The van der Waals surface area contributed by atoms with Crippen molar-refractivity contribution in [2.75, 3.05) is 5.32 Å². The SMILES string of the molecule is CC1(C)OB(c2ccc(S(N)(=O)=O)c(NC(=O)OCc3ccccc3)c2)OC1(C)C. The summed E-state index contributed by atoms with van der Waals surface area (Å²) in [5.41, 5.74) is 0.184. The van der Waals surface area contributed by atoms with Gasteiger partial charge in [0.1, 0.15) is 11.5 Å². The molecule has 30 heavy (non-hydrogen) atoms. The Bertz CT molecular complexity index is 1020. The second-order valence-corrected chi connectivity index (χ2v) is 9.61. The zero-order valence-electron chi connectivity index (χ0n) is 17.3. The number of amides is 1. The molecule has 0 spiro atoms. The minimum atomic E-state index is -4.08. The van der Waals surface area contributed by atoms with Gasteiger partial charge in [-0.2, -0.15) is 0 Å². The molecule has 1 saturated heterocycles. The van der Waals surface area contributed by atoms with Gasteiger partial charge in [-0.05, 0) is 50.9 Å². The summed E-state index contributed by atoms with van der Waals surface area (Å²) in [6, 6.07) is 13.4. The largest absolute Gasteiger partial charge is 0.494 e. The lowest BCUT2D eigenvalue weighted by atomic mass is 9.79. The molecule has 2 aromatic rings. The number of carbonyl (C=O) groups is 1. The average molecular weight is 432 g/mol. The molecule has 1 fully saturated rings. The highest BCUT2D eigenvalue weighted by Gasteiger charge is 2.51. The first-order valence-electron chi connectivity index (χ1n) is 9.39. The number of sulfonamides is 1. The van der Waals surface area contributed by atoms with Crippen molar-refractivity contribution in [3.63, 3.8) is 0 Å². The van der Waals surface area contributed by atoms with E-state index in [-0.39, 0.29) is 17.2 Å². The number of nitrogens with two attached hydrogens (primary N) is 1. The van der Waals surface area contributed by atoms with Crippen molar-refractivity contribution in [1.29, 1.82) is 0 Å². The van der Waals surface area contributed by atoms with Crippen molar-refractivity contribution in [3.8, 4) is 0 Å². The number of nitrogens with one attached hydrogen (secondary N) is 1. The fourth-order valence-corrected chi connectivity index (χ4v) is 3.56. The van der Waals surface area contributed by atoms with E-state index in [2.05, 4.69) is 5.32 Å². The standard InChI is InChI=1S/C20H25BN2O6S/c1-19(2)20(3,4)29-21(28-19)15-10-11-17(30(22,25)26)16(12-15)23-18(24)27-13-14-8-6-5-7-9-14/h5-12H,13H2,1-4H3,(H,23,24)(H2,22,25,26). The van der Waals surface area contributed by atoms with Crippen LogP contribution in [0.25, 0.3) is 0 Å². The number of benzene rings is 2. The number of ether oxygens (including phenoxy) is 1. The van der Waals surface area contributed by atoms with E-state index in [1.807, 2.05) is 58.0 Å². The lowest BCUT2D eigenvalue weighted by Crippen LogP contribution is -2.41. The Hall–Kier alpha value is -2.40. The Kier molecular flexibility index (Phi) is 5.97. The molecular weight excluding hydrogens is 407 g/mol. The first-order valence-corrected chi connectivity index (χ1v) is 10.9. The first kappa shape index (κ1) is 22.3. The molecule has 0 unspecified atom stereocenters. The van der Waals surface area contributed by atoms with E-state index in [1.54, 1.807) is 6.07 Å². The molecule has 160 valence electrons. The van der Waals surface area contributed by atoms with Crippen LogP contribution in [0.4, 0.5) is 10.5 Å². The molecule has 10 heteroatoms. The molecule has 2 aromatic carbocycles. The van der Waals surface area contributed by atoms with Crippen LogP contribution in [0.1, 0.15) is 33.3 Å². The Labute approximate surface area is 176 Å². The maximum Gasteiger partial charge on any atom is 0.494 e. The van der Waals surface area contributed by atoms with Crippen LogP contribution in [0, 0.1) is 0 Å². The molecule has 1 aliphatic heterocycles. The fourth-order valence-electron chi connectivity index (χ4n) is 2.89. The predicted molar refractivity (Wildman–Crippen MR) is 114 cm³/mol. The second-order valence-electron chi connectivity index (χ2n) is 8.08. The lowest BCUT2D eigenvalue weighted by Gasteiger charge is -2.32. The molecule has 1 heterocycles. The summed E-state index contributed by atoms with van der Waals surface area (Å²) in [6.45, 7) is 7.67. The van der Waals surface area contributed by atoms with Crippen molar-refractivity contribution in [2.24, 2.45) is 5.14 Å². The summed E-state index contributed by atoms with van der Waals surface area (Å²) in [4.78, 5) is 12.0. The van der Waals surface area contributed by atoms with E-state index in [9.17, 15) is 13.2 Å². The van der Waals surface area contributed by atoms with E-state index in [4.69, 9.17) is 19.2 Å². The third kappa shape index (κ3) is 4.84. The van der Waals surface area contributed by atoms with Crippen LogP contribution >= 0.6 is 0 Å². The number of carbonyl (C=O) groups excluding carboxylic acids is 1. The zero-order chi connectivity index (χ0) is 22.2. The molecule has 1 aliphatic rings. The average Bonchev–Trinajstić information content (AvgIpc) is 2.87. The Morgan fingerprint density at radius 3 is 2.23 bits per heavy atom. The van der Waals surface area contributed by atoms with Gasteiger partial charge in [0.05, 0.1) is 16.9 Å². The monoisotopic (exact) mass is 432 g/mol. The summed E-state index contributed by atoms with van der Waals surface area (Å²) >= 11 is 0. The van der Waals surface area contributed by atoms with Gasteiger partial charge in [0.2, 0.25) is 10.0 Å². The van der Waals surface area contributed by atoms with Crippen molar-refractivity contribution >= 4 is 34.4 Å². The van der Waals surface area contributed by atoms with Crippen LogP contribution in [0.2, 0.25) is 0 Å². The Morgan fingerprint density at radius 1 is 1.07 bits per heavy atom. The van der Waals surface area contributed by atoms with Gasteiger partial charge >= 0.3 is 13.2 Å². The third-order valence-corrected chi connectivity index (χ3v) is 6.25. The van der Waals surface area contributed by atoms with Crippen LogP contribution in [-0.2, 0) is 30.7 Å². The third-order valence-electron chi connectivity index (χ3n) is 5.29. The minimum Gasteiger partial charge on any atom is -0.444 e. The lowest BCUT2D eigenvalue weighted by molar-refractivity contribution is 0.00578. The molecule has 0 saturated carbocycles. The maximum atomic E-state index is 12.3. The minimum absolute atomic E-state index is 0.0113. The van der Waals surface area contributed by atoms with E-state index in [0.717, 1.165) is 5.56 Å². The van der Waals surface area contributed by atoms with Crippen molar-refractivity contribution in [3.05, 3.63) is 54.1 Å². The van der Waals surface area contributed by atoms with E-state index < -0.39 is 34.4 Å². The van der Waals surface area contributed by atoms with Crippen LogP contribution in [0.3, 0.4) is 0 Å². The molecule has 1 amide bonds. The molecule has 0 bridgehead atoms. The van der Waals surface area contributed by atoms with Gasteiger partial charge in [0.25, 0.3) is 0 Å². The molecule has 0 aliphatic carbocycles. The molecule has 3 rings (SSSR count). The van der Waals surface area contributed by atoms with Crippen LogP contribution in [-0.4, -0.2) is 32.8 Å². The molecule has 0 aromatic heterocycles. The highest BCUT2D eigenvalue weighted by Crippen LogP contribution is 2.36. The second kappa shape index (κ2) is 8.03. The number of hydrogen-bond acceptors (Lipinski definition) is 6. The van der Waals surface area contributed by atoms with Gasteiger partial charge in [0, 0.05) is 0 Å². The first-order chi connectivity index (χ1) is 13.9. The molecule has 0 radical (unpaired) electrons. The summed E-state index contributed by atoms with van der Waals surface area (Å²) in [5.74, 6) is 0. The van der Waals surface area contributed by atoms with Gasteiger partial charge in [-0.15, -0.1) is 0 Å². The number of primary sulfonamides is 1. The molecule has 0 atom stereocenters. The highest BCUT2D eigenvalue weighted by atomic mass is 32.2. The Morgan fingerprint density at radius 2 is 1.67 bits per heavy atom. The fraction of sp³-hybridized carbons (Fsp3) is 0.350. The van der Waals surface area contributed by atoms with Crippen LogP contribution < -0.4 is 15.9 Å². The van der Waals surface area contributed by atoms with Crippen LogP contribution in [0.5, 0.6) is 0 Å². The smallest absolute Gasteiger partial charge is 0.444 e. The maximum absolute atomic E-state index is 12.3. The molecule has 8 nitrogen and oxygen atoms in total. The Balaban J connectivity index is 1.83. The van der Waals surface area contributed by atoms with Crippen molar-refractivity contribution in [2.45, 2.75) is 50.4 Å². The number of hydrogen-bond donors (Lipinski definition) is 2. The van der Waals surface area contributed by atoms with Crippen molar-refractivity contribution < 1.29 is 27.3 Å². The van der Waals surface area contributed by atoms with Gasteiger partial charge in [-0.25, -0.2) is 18.4 Å². The number of anilines is 1. The summed E-state index contributed by atoms with van der Waals surface area (Å²) < 4.78 is 41.1. The van der Waals surface area contributed by atoms with Crippen molar-refractivity contribution in [1.82, 2.24) is 0 Å². The highest BCUT2D eigenvalue weighted by molar-refractivity contribution is 7.89. The van der Waals surface area contributed by atoms with Gasteiger partial charge < -0.3 is 14.0 Å². The van der Waals surface area contributed by atoms with E-state index in [1.165, 1.54) is 12.1 Å². The zero-order valence-corrected chi connectivity index (χ0v) is 18.2. The molecular formula is C20H25BN2O6S. The summed E-state index contributed by atoms with van der Waals surface area (Å²) in [7, 11) is -4.82. The van der Waals surface area contributed by atoms with Gasteiger partial charge in [-0.3, -0.25) is 5.32 Å². The predicted octanol–water partition coefficient (Wildman–Crippen LogP) is 2.38. The topological polar surface area (TPSA) is 117 Å². The van der Waals surface area contributed by atoms with Crippen LogP contribution in [0.15, 0.2) is 53.4 Å². The summed E-state index contributed by atoms with van der Waals surface area (Å²) in [6.07, 6.45) is -0.810. The van der Waals surface area contributed by atoms with E-state index >= 15 is 0 Å². The van der Waals surface area contributed by atoms with Gasteiger partial charge in [0.15, 0.2) is 0 Å². The van der Waals surface area contributed by atoms with Gasteiger partial charge in [-0.1, -0.05) is 36.4 Å². The molecule has 3 N–H and O–H groups in total.